The Bertz CT molecular complexity index is 1030. The Morgan fingerprint density at radius 3 is 2.70 bits per heavy atom. The Kier molecular flexibility index (Phi) is 7.63. The highest BCUT2D eigenvalue weighted by molar-refractivity contribution is 7.80. The molecule has 2 aromatic carbocycles. The lowest BCUT2D eigenvalue weighted by molar-refractivity contribution is 0.299. The number of aromatic nitrogens is 1. The molecule has 0 aliphatic carbocycles. The zero-order valence-corrected chi connectivity index (χ0v) is 18.3. The molecular weight excluding hydrogens is 392 g/mol. The molecule has 0 saturated heterocycles. The first kappa shape index (κ1) is 21.6. The summed E-state index contributed by atoms with van der Waals surface area (Å²) in [5, 5.41) is 8.88. The molecule has 156 valence electrons. The molecule has 0 unspecified atom stereocenters. The summed E-state index contributed by atoms with van der Waals surface area (Å²) >= 11 is 5.16. The molecule has 0 saturated carbocycles. The first-order valence-corrected chi connectivity index (χ1v) is 10.5. The summed E-state index contributed by atoms with van der Waals surface area (Å²) in [4.78, 5) is 0. The molecule has 5 nitrogen and oxygen atoms in total. The van der Waals surface area contributed by atoms with Gasteiger partial charge in [0.25, 0.3) is 0 Å². The monoisotopic (exact) mass is 420 g/mol. The average Bonchev–Trinajstić information content (AvgIpc) is 3.09. The second kappa shape index (κ2) is 10.6. The highest BCUT2D eigenvalue weighted by Gasteiger charge is 2.07. The van der Waals surface area contributed by atoms with Crippen LogP contribution in [0.15, 0.2) is 66.4 Å². The number of benzene rings is 2. The van der Waals surface area contributed by atoms with Crippen molar-refractivity contribution in [1.29, 1.82) is 0 Å². The van der Waals surface area contributed by atoms with E-state index in [4.69, 9.17) is 17.0 Å². The van der Waals surface area contributed by atoms with Gasteiger partial charge < -0.3 is 14.6 Å². The second-order valence-electron chi connectivity index (χ2n) is 7.09. The number of nitrogens with one attached hydrogen (secondary N) is 2. The van der Waals surface area contributed by atoms with Crippen molar-refractivity contribution >= 4 is 34.4 Å². The largest absolute Gasteiger partial charge is 0.493 e. The molecule has 0 aliphatic rings. The minimum absolute atomic E-state index is 0.471. The van der Waals surface area contributed by atoms with Gasteiger partial charge in [0.15, 0.2) is 5.11 Å². The van der Waals surface area contributed by atoms with Gasteiger partial charge in [0.2, 0.25) is 0 Å². The lowest BCUT2D eigenvalue weighted by Gasteiger charge is -2.12. The Hall–Kier alpha value is -3.12. The van der Waals surface area contributed by atoms with E-state index >= 15 is 0 Å². The quantitative estimate of drug-likeness (QED) is 0.173. The number of rotatable bonds is 9. The molecule has 0 atom stereocenters. The van der Waals surface area contributed by atoms with Crippen LogP contribution in [0.4, 0.5) is 0 Å². The first-order valence-electron chi connectivity index (χ1n) is 10.0. The van der Waals surface area contributed by atoms with E-state index in [0.29, 0.717) is 18.3 Å². The molecule has 3 aromatic rings. The number of fused-ring (bicyclic) bond motifs is 1. The van der Waals surface area contributed by atoms with Crippen molar-refractivity contribution in [2.45, 2.75) is 26.8 Å². The summed E-state index contributed by atoms with van der Waals surface area (Å²) in [6, 6.07) is 14.6. The van der Waals surface area contributed by atoms with Crippen LogP contribution in [0, 0.1) is 13.8 Å². The van der Waals surface area contributed by atoms with E-state index in [0.717, 1.165) is 29.7 Å². The fourth-order valence-electron chi connectivity index (χ4n) is 3.36. The number of nitrogens with zero attached hydrogens (tertiary/aromatic N) is 2. The minimum atomic E-state index is 0.471. The predicted molar refractivity (Wildman–Crippen MR) is 129 cm³/mol. The van der Waals surface area contributed by atoms with Gasteiger partial charge in [-0.15, -0.1) is 6.58 Å². The fourth-order valence-corrected chi connectivity index (χ4v) is 3.50. The topological polar surface area (TPSA) is 50.6 Å². The van der Waals surface area contributed by atoms with Crippen molar-refractivity contribution in [3.63, 3.8) is 0 Å². The zero-order valence-electron chi connectivity index (χ0n) is 17.5. The molecule has 0 radical (unpaired) electrons. The third-order valence-corrected chi connectivity index (χ3v) is 5.03. The van der Waals surface area contributed by atoms with Crippen molar-refractivity contribution in [3.8, 4) is 5.75 Å². The summed E-state index contributed by atoms with van der Waals surface area (Å²) in [7, 11) is 0. The van der Waals surface area contributed by atoms with E-state index in [9.17, 15) is 0 Å². The normalized spacial score (nSPS) is 11.0. The van der Waals surface area contributed by atoms with Gasteiger partial charge >= 0.3 is 0 Å². The Morgan fingerprint density at radius 1 is 1.17 bits per heavy atom. The minimum Gasteiger partial charge on any atom is -0.493 e. The van der Waals surface area contributed by atoms with E-state index in [1.165, 1.54) is 16.6 Å². The zero-order chi connectivity index (χ0) is 21.3. The molecule has 2 N–H and O–H groups in total. The molecule has 1 aromatic heterocycles. The van der Waals surface area contributed by atoms with E-state index < -0.39 is 0 Å². The van der Waals surface area contributed by atoms with Crippen molar-refractivity contribution in [2.24, 2.45) is 5.10 Å². The molecular formula is C24H28N4OS. The van der Waals surface area contributed by atoms with Crippen LogP contribution in [0.2, 0.25) is 0 Å². The van der Waals surface area contributed by atoms with E-state index in [-0.39, 0.29) is 0 Å². The maximum Gasteiger partial charge on any atom is 0.187 e. The number of hydrogen-bond donors (Lipinski definition) is 2. The summed E-state index contributed by atoms with van der Waals surface area (Å²) in [5.74, 6) is 0.995. The number of aryl methyl sites for hydroxylation is 3. The summed E-state index contributed by atoms with van der Waals surface area (Å²) in [6.45, 7) is 9.96. The van der Waals surface area contributed by atoms with Gasteiger partial charge in [-0.1, -0.05) is 42.5 Å². The van der Waals surface area contributed by atoms with Crippen molar-refractivity contribution in [1.82, 2.24) is 15.3 Å². The number of hydrogen-bond acceptors (Lipinski definition) is 3. The van der Waals surface area contributed by atoms with Crippen LogP contribution in [-0.2, 0) is 6.54 Å². The number of ether oxygens (including phenoxy) is 1. The maximum atomic E-state index is 6.05. The molecule has 0 spiro atoms. The van der Waals surface area contributed by atoms with Crippen LogP contribution < -0.4 is 15.5 Å². The van der Waals surface area contributed by atoms with Gasteiger partial charge in [-0.3, -0.25) is 5.43 Å². The van der Waals surface area contributed by atoms with Crippen LogP contribution in [-0.4, -0.2) is 29.0 Å². The van der Waals surface area contributed by atoms with Crippen LogP contribution in [0.5, 0.6) is 5.75 Å². The molecule has 30 heavy (non-hydrogen) atoms. The lowest BCUT2D eigenvalue weighted by atomic mass is 10.1. The molecule has 0 fully saturated rings. The highest BCUT2D eigenvalue weighted by Crippen LogP contribution is 2.23. The van der Waals surface area contributed by atoms with Crippen molar-refractivity contribution in [3.05, 3.63) is 78.0 Å². The molecule has 1 heterocycles. The third-order valence-electron chi connectivity index (χ3n) is 4.79. The summed E-state index contributed by atoms with van der Waals surface area (Å²) in [6.07, 6.45) is 6.58. The standard InChI is InChI=1S/C24H28N4OS/c1-4-13-25-24(30)27-26-16-20-17-28(22-12-6-5-11-21(20)22)14-8-15-29-23-18(2)9-7-10-19(23)3/h4-7,9-12,16-17H,1,8,13-15H2,2-3H3,(H2,25,27,30)/b26-16-. The highest BCUT2D eigenvalue weighted by atomic mass is 32.1. The van der Waals surface area contributed by atoms with Gasteiger partial charge in [0.05, 0.1) is 12.8 Å². The van der Waals surface area contributed by atoms with Crippen LogP contribution in [0.25, 0.3) is 10.9 Å². The lowest BCUT2D eigenvalue weighted by Crippen LogP contribution is -2.31. The molecule has 6 heteroatoms. The predicted octanol–water partition coefficient (Wildman–Crippen LogP) is 4.71. The Morgan fingerprint density at radius 2 is 1.93 bits per heavy atom. The number of thiocarbonyl (C=S) groups is 1. The third kappa shape index (κ3) is 5.48. The van der Waals surface area contributed by atoms with Gasteiger partial charge in [-0.2, -0.15) is 5.10 Å². The smallest absolute Gasteiger partial charge is 0.187 e. The van der Waals surface area contributed by atoms with Gasteiger partial charge in [-0.05, 0) is 49.7 Å². The van der Waals surface area contributed by atoms with Crippen LogP contribution >= 0.6 is 12.2 Å². The molecule has 0 aliphatic heterocycles. The summed E-state index contributed by atoms with van der Waals surface area (Å²) in [5.41, 5.74) is 7.40. The fraction of sp³-hybridized carbons (Fsp3) is 0.250. The second-order valence-corrected chi connectivity index (χ2v) is 7.49. The molecule has 3 rings (SSSR count). The average molecular weight is 421 g/mol. The number of para-hydroxylation sites is 2. The van der Waals surface area contributed by atoms with E-state index in [1.807, 2.05) is 6.07 Å². The van der Waals surface area contributed by atoms with Crippen LogP contribution in [0.1, 0.15) is 23.1 Å². The maximum absolute atomic E-state index is 6.05. The Labute approximate surface area is 183 Å². The SMILES string of the molecule is C=CCNC(=S)N/N=C\c1cn(CCCOc2c(C)cccc2C)c2ccccc12. The van der Waals surface area contributed by atoms with Gasteiger partial charge in [0, 0.05) is 35.8 Å². The number of hydrazone groups is 1. The van der Waals surface area contributed by atoms with Crippen molar-refractivity contribution in [2.75, 3.05) is 13.2 Å². The van der Waals surface area contributed by atoms with Gasteiger partial charge in [-0.25, -0.2) is 0 Å². The van der Waals surface area contributed by atoms with Crippen molar-refractivity contribution < 1.29 is 4.74 Å². The van der Waals surface area contributed by atoms with E-state index in [1.54, 1.807) is 12.3 Å². The first-order chi connectivity index (χ1) is 14.6. The molecule has 0 amide bonds. The summed E-state index contributed by atoms with van der Waals surface area (Å²) < 4.78 is 8.30. The van der Waals surface area contributed by atoms with Crippen LogP contribution in [0.3, 0.4) is 0 Å². The Balaban J connectivity index is 1.63. The van der Waals surface area contributed by atoms with Gasteiger partial charge in [0.1, 0.15) is 5.75 Å². The molecule has 0 bridgehead atoms. The van der Waals surface area contributed by atoms with E-state index in [2.05, 4.69) is 83.4 Å².